The summed E-state index contributed by atoms with van der Waals surface area (Å²) in [5, 5.41) is 22.1. The zero-order chi connectivity index (χ0) is 15.2. The van der Waals surface area contributed by atoms with E-state index >= 15 is 0 Å². The molecule has 2 rings (SSSR count). The van der Waals surface area contributed by atoms with Crippen molar-refractivity contribution < 1.29 is 14.8 Å². The van der Waals surface area contributed by atoms with E-state index in [9.17, 15) is 14.9 Å². The molecular weight excluding hydrogens is 276 g/mol. The Balaban J connectivity index is 1.90. The molecule has 0 amide bonds. The Kier molecular flexibility index (Phi) is 5.04. The first kappa shape index (κ1) is 15.2. The number of hydrogen-bond donors (Lipinski definition) is 2. The van der Waals surface area contributed by atoms with Crippen molar-refractivity contribution in [1.29, 1.82) is 0 Å². The number of nitrogens with one attached hydrogen (secondary N) is 1. The van der Waals surface area contributed by atoms with Gasteiger partial charge in [-0.2, -0.15) is 0 Å². The molecule has 0 aromatic carbocycles. The van der Waals surface area contributed by atoms with Gasteiger partial charge in [0.2, 0.25) is 0 Å². The molecule has 1 aromatic heterocycles. The molecule has 21 heavy (non-hydrogen) atoms. The lowest BCUT2D eigenvalue weighted by atomic mass is 9.97. The summed E-state index contributed by atoms with van der Waals surface area (Å²) in [5.41, 5.74) is 0.864. The van der Waals surface area contributed by atoms with Crippen molar-refractivity contribution >= 4 is 17.5 Å². The minimum absolute atomic E-state index is 0.0322. The van der Waals surface area contributed by atoms with Crippen molar-refractivity contribution in [3.05, 3.63) is 28.4 Å². The average Bonchev–Trinajstić information content (AvgIpc) is 2.47. The van der Waals surface area contributed by atoms with Crippen molar-refractivity contribution in [2.24, 2.45) is 5.92 Å². The Morgan fingerprint density at radius 2 is 2.38 bits per heavy atom. The zero-order valence-corrected chi connectivity index (χ0v) is 11.6. The summed E-state index contributed by atoms with van der Waals surface area (Å²) >= 11 is 0. The van der Waals surface area contributed by atoms with Crippen LogP contribution in [0, 0.1) is 16.0 Å². The second-order valence-corrected chi connectivity index (χ2v) is 5.11. The molecule has 1 unspecified atom stereocenters. The first-order valence-corrected chi connectivity index (χ1v) is 6.84. The number of carbonyl (C=O) groups is 1. The van der Waals surface area contributed by atoms with Gasteiger partial charge in [-0.25, -0.2) is 0 Å². The van der Waals surface area contributed by atoms with Gasteiger partial charge in [0.1, 0.15) is 0 Å². The number of aromatic nitrogens is 1. The van der Waals surface area contributed by atoms with Crippen molar-refractivity contribution in [2.45, 2.75) is 12.8 Å². The normalized spacial score (nSPS) is 18.5. The summed E-state index contributed by atoms with van der Waals surface area (Å²) in [4.78, 5) is 26.5. The maximum Gasteiger partial charge on any atom is 0.363 e. The molecule has 1 aromatic rings. The summed E-state index contributed by atoms with van der Waals surface area (Å²) in [5.74, 6) is -0.647. The number of carboxylic acid groups (broad SMARTS) is 1. The third-order valence-corrected chi connectivity index (χ3v) is 3.51. The predicted octanol–water partition coefficient (Wildman–Crippen LogP) is 0.880. The predicted molar refractivity (Wildman–Crippen MR) is 76.3 cm³/mol. The lowest BCUT2D eigenvalue weighted by molar-refractivity contribution is -0.389. The number of aliphatic carboxylic acids is 1. The molecule has 0 spiro atoms. The maximum atomic E-state index is 10.6. The highest BCUT2D eigenvalue weighted by Gasteiger charge is 2.21. The van der Waals surface area contributed by atoms with Gasteiger partial charge in [0.05, 0.1) is 12.2 Å². The Hall–Kier alpha value is -2.22. The molecule has 1 atom stereocenters. The van der Waals surface area contributed by atoms with E-state index in [1.807, 2.05) is 0 Å². The molecule has 0 saturated carbocycles. The number of hydrogen-bond acceptors (Lipinski definition) is 6. The van der Waals surface area contributed by atoms with Crippen LogP contribution in [0.25, 0.3) is 0 Å². The monoisotopic (exact) mass is 294 g/mol. The van der Waals surface area contributed by atoms with Gasteiger partial charge in [-0.1, -0.05) is 0 Å². The van der Waals surface area contributed by atoms with E-state index in [4.69, 9.17) is 5.11 Å². The average molecular weight is 294 g/mol. The van der Waals surface area contributed by atoms with Crippen LogP contribution >= 0.6 is 0 Å². The molecule has 8 heteroatoms. The molecule has 1 aliphatic rings. The molecule has 0 aliphatic carbocycles. The van der Waals surface area contributed by atoms with Gasteiger partial charge in [-0.3, -0.25) is 4.79 Å². The summed E-state index contributed by atoms with van der Waals surface area (Å²) in [6.45, 7) is 2.31. The van der Waals surface area contributed by atoms with Crippen LogP contribution in [0.1, 0.15) is 12.8 Å². The maximum absolute atomic E-state index is 10.6. The van der Waals surface area contributed by atoms with E-state index in [1.54, 1.807) is 6.07 Å². The fourth-order valence-corrected chi connectivity index (χ4v) is 2.52. The number of nitro groups is 1. The van der Waals surface area contributed by atoms with E-state index in [-0.39, 0.29) is 12.4 Å². The number of carboxylic acids is 1. The lowest BCUT2D eigenvalue weighted by Crippen LogP contribution is -2.40. The van der Waals surface area contributed by atoms with Crippen molar-refractivity contribution in [3.63, 3.8) is 0 Å². The molecule has 0 bridgehead atoms. The second kappa shape index (κ2) is 6.98. The Morgan fingerprint density at radius 3 is 3.00 bits per heavy atom. The highest BCUT2D eigenvalue weighted by Crippen LogP contribution is 2.23. The quantitative estimate of drug-likeness (QED) is 0.592. The van der Waals surface area contributed by atoms with Crippen LogP contribution in [0.5, 0.6) is 0 Å². The van der Waals surface area contributed by atoms with Gasteiger partial charge in [0.15, 0.2) is 6.20 Å². The number of rotatable bonds is 6. The summed E-state index contributed by atoms with van der Waals surface area (Å²) in [7, 11) is 0. The molecular formula is C13H18N4O4. The zero-order valence-electron chi connectivity index (χ0n) is 11.6. The Labute approximate surface area is 121 Å². The molecule has 1 aliphatic heterocycles. The van der Waals surface area contributed by atoms with E-state index in [1.165, 1.54) is 12.3 Å². The molecule has 2 N–H and O–H groups in total. The van der Waals surface area contributed by atoms with E-state index in [0.717, 1.165) is 31.6 Å². The molecule has 0 radical (unpaired) electrons. The third-order valence-electron chi connectivity index (χ3n) is 3.51. The molecule has 1 fully saturated rings. The van der Waals surface area contributed by atoms with E-state index < -0.39 is 10.9 Å². The highest BCUT2D eigenvalue weighted by molar-refractivity contribution is 5.68. The van der Waals surface area contributed by atoms with Crippen LogP contribution in [0.3, 0.4) is 0 Å². The largest absolute Gasteiger partial charge is 0.480 e. The van der Waals surface area contributed by atoms with Crippen LogP contribution < -0.4 is 10.2 Å². The number of nitrogens with zero attached hydrogens (tertiary/aromatic N) is 3. The van der Waals surface area contributed by atoms with Gasteiger partial charge >= 0.3 is 11.8 Å². The SMILES string of the molecule is O=C(O)CNCC1CCCN(c2ccc([N+](=O)[O-])nc2)C1. The van der Waals surface area contributed by atoms with Crippen LogP contribution in [0.2, 0.25) is 0 Å². The van der Waals surface area contributed by atoms with Crippen molar-refractivity contribution in [1.82, 2.24) is 10.3 Å². The molecule has 1 saturated heterocycles. The first-order chi connectivity index (χ1) is 10.1. The summed E-state index contributed by atoms with van der Waals surface area (Å²) in [6, 6.07) is 3.11. The highest BCUT2D eigenvalue weighted by atomic mass is 16.6. The minimum atomic E-state index is -0.859. The van der Waals surface area contributed by atoms with Gasteiger partial charge in [0, 0.05) is 25.7 Å². The third kappa shape index (κ3) is 4.38. The van der Waals surface area contributed by atoms with Crippen molar-refractivity contribution in [3.8, 4) is 0 Å². The summed E-state index contributed by atoms with van der Waals surface area (Å²) < 4.78 is 0. The van der Waals surface area contributed by atoms with Crippen molar-refractivity contribution in [2.75, 3.05) is 31.1 Å². The smallest absolute Gasteiger partial charge is 0.363 e. The molecule has 2 heterocycles. The van der Waals surface area contributed by atoms with E-state index in [0.29, 0.717) is 12.5 Å². The Morgan fingerprint density at radius 1 is 1.57 bits per heavy atom. The standard InChI is InChI=1S/C13H18N4O4/c18-13(19)8-14-6-10-2-1-5-16(9-10)11-3-4-12(15-7-11)17(20)21/h3-4,7,10,14H,1-2,5-6,8-9H2,(H,18,19). The van der Waals surface area contributed by atoms with Crippen LogP contribution in [0.15, 0.2) is 18.3 Å². The number of pyridine rings is 1. The minimum Gasteiger partial charge on any atom is -0.480 e. The van der Waals surface area contributed by atoms with Gasteiger partial charge in [0.25, 0.3) is 0 Å². The fraction of sp³-hybridized carbons (Fsp3) is 0.538. The molecule has 114 valence electrons. The summed E-state index contributed by atoms with van der Waals surface area (Å²) in [6.07, 6.45) is 3.57. The second-order valence-electron chi connectivity index (χ2n) is 5.11. The lowest BCUT2D eigenvalue weighted by Gasteiger charge is -2.33. The van der Waals surface area contributed by atoms with Gasteiger partial charge in [-0.05, 0) is 34.7 Å². The van der Waals surface area contributed by atoms with Crippen LogP contribution in [-0.2, 0) is 4.79 Å². The first-order valence-electron chi connectivity index (χ1n) is 6.84. The van der Waals surface area contributed by atoms with Gasteiger partial charge in [-0.15, -0.1) is 0 Å². The Bertz CT molecular complexity index is 505. The number of anilines is 1. The van der Waals surface area contributed by atoms with E-state index in [2.05, 4.69) is 15.2 Å². The van der Waals surface area contributed by atoms with Gasteiger partial charge < -0.3 is 25.4 Å². The van der Waals surface area contributed by atoms with Crippen LogP contribution in [-0.4, -0.2) is 47.2 Å². The van der Waals surface area contributed by atoms with Crippen LogP contribution in [0.4, 0.5) is 11.5 Å². The number of piperidine rings is 1. The fourth-order valence-electron chi connectivity index (χ4n) is 2.52. The molecule has 8 nitrogen and oxygen atoms in total. The topological polar surface area (TPSA) is 109 Å².